The van der Waals surface area contributed by atoms with Crippen LogP contribution in [0.3, 0.4) is 0 Å². The predicted molar refractivity (Wildman–Crippen MR) is 99.5 cm³/mol. The van der Waals surface area contributed by atoms with E-state index in [0.29, 0.717) is 42.1 Å². The molecule has 1 heterocycles. The molecule has 0 fully saturated rings. The summed E-state index contributed by atoms with van der Waals surface area (Å²) in [5.41, 5.74) is 1.25. The van der Waals surface area contributed by atoms with E-state index in [2.05, 4.69) is 0 Å². The van der Waals surface area contributed by atoms with Gasteiger partial charge in [0, 0.05) is 17.5 Å². The van der Waals surface area contributed by atoms with E-state index in [1.807, 2.05) is 6.07 Å². The molecule has 1 unspecified atom stereocenters. The van der Waals surface area contributed by atoms with Crippen LogP contribution in [0.15, 0.2) is 30.3 Å². The van der Waals surface area contributed by atoms with Crippen LogP contribution >= 0.6 is 11.6 Å². The number of ether oxygens (including phenoxy) is 3. The molecule has 0 saturated heterocycles. The summed E-state index contributed by atoms with van der Waals surface area (Å²) in [5, 5.41) is -0.246. The van der Waals surface area contributed by atoms with Gasteiger partial charge in [-0.2, -0.15) is 13.2 Å². The van der Waals surface area contributed by atoms with E-state index < -0.39 is 11.7 Å². The van der Waals surface area contributed by atoms with Gasteiger partial charge in [-0.3, -0.25) is 4.79 Å². The zero-order chi connectivity index (χ0) is 20.8. The van der Waals surface area contributed by atoms with Gasteiger partial charge < -0.3 is 14.2 Å². The molecule has 154 valence electrons. The highest BCUT2D eigenvalue weighted by atomic mass is 35.5. The van der Waals surface area contributed by atoms with E-state index in [-0.39, 0.29) is 29.4 Å². The number of fused-ring (bicyclic) bond motifs is 2. The van der Waals surface area contributed by atoms with E-state index in [1.165, 1.54) is 13.2 Å². The lowest BCUT2D eigenvalue weighted by Crippen LogP contribution is -2.09. The lowest BCUT2D eigenvalue weighted by atomic mass is 9.98. The molecule has 0 saturated carbocycles. The van der Waals surface area contributed by atoms with E-state index in [9.17, 15) is 18.0 Å². The molecular formula is C21H18ClF3O4. The van der Waals surface area contributed by atoms with Crippen LogP contribution in [-0.4, -0.2) is 19.7 Å². The fourth-order valence-corrected chi connectivity index (χ4v) is 4.29. The summed E-state index contributed by atoms with van der Waals surface area (Å²) >= 11 is 6.02. The number of esters is 1. The molecular weight excluding hydrogens is 409 g/mol. The standard InChI is InChI=1S/C21H18ClF3O4/c1-27-19(26)8-11-10-28-18-9-12(2-3-13(11)18)29-17-7-5-15-14(17)4-6-16(20(15)22)21(23,24)25/h2-4,6,9,11,17H,5,7-8,10H2,1H3/t11?,17-/m1/s1. The smallest absolute Gasteiger partial charge is 0.417 e. The normalized spacial score (nSPS) is 20.0. The summed E-state index contributed by atoms with van der Waals surface area (Å²) in [6, 6.07) is 7.82. The lowest BCUT2D eigenvalue weighted by Gasteiger charge is -2.17. The van der Waals surface area contributed by atoms with Crippen LogP contribution in [0.4, 0.5) is 13.2 Å². The van der Waals surface area contributed by atoms with E-state index in [0.717, 1.165) is 11.6 Å². The highest BCUT2D eigenvalue weighted by Crippen LogP contribution is 2.45. The van der Waals surface area contributed by atoms with E-state index >= 15 is 0 Å². The zero-order valence-electron chi connectivity index (χ0n) is 15.5. The highest BCUT2D eigenvalue weighted by molar-refractivity contribution is 6.32. The largest absolute Gasteiger partial charge is 0.492 e. The van der Waals surface area contributed by atoms with E-state index in [1.54, 1.807) is 12.1 Å². The number of carbonyl (C=O) groups excluding carboxylic acids is 1. The van der Waals surface area contributed by atoms with Gasteiger partial charge in [0.1, 0.15) is 17.6 Å². The Balaban J connectivity index is 1.53. The third-order valence-electron chi connectivity index (χ3n) is 5.37. The number of alkyl halides is 3. The summed E-state index contributed by atoms with van der Waals surface area (Å²) in [6.45, 7) is 0.385. The summed E-state index contributed by atoms with van der Waals surface area (Å²) in [7, 11) is 1.35. The first kappa shape index (κ1) is 19.9. The summed E-state index contributed by atoms with van der Waals surface area (Å²) in [4.78, 5) is 11.5. The van der Waals surface area contributed by atoms with Gasteiger partial charge in [-0.25, -0.2) is 0 Å². The van der Waals surface area contributed by atoms with Gasteiger partial charge >= 0.3 is 12.1 Å². The Hall–Kier alpha value is -2.41. The number of halogens is 4. The van der Waals surface area contributed by atoms with Crippen molar-refractivity contribution in [2.75, 3.05) is 13.7 Å². The van der Waals surface area contributed by atoms with Crippen LogP contribution in [0, 0.1) is 0 Å². The van der Waals surface area contributed by atoms with E-state index in [4.69, 9.17) is 25.8 Å². The molecule has 0 radical (unpaired) electrons. The number of benzene rings is 2. The van der Waals surface area contributed by atoms with Crippen molar-refractivity contribution in [3.05, 3.63) is 57.6 Å². The first-order chi connectivity index (χ1) is 13.8. The van der Waals surface area contributed by atoms with Crippen molar-refractivity contribution >= 4 is 17.6 Å². The van der Waals surface area contributed by atoms with Crippen LogP contribution in [0.1, 0.15) is 47.1 Å². The van der Waals surface area contributed by atoms with Crippen molar-refractivity contribution < 1.29 is 32.2 Å². The minimum absolute atomic E-state index is 0.0710. The van der Waals surface area contributed by atoms with Gasteiger partial charge in [0.25, 0.3) is 0 Å². The Bertz CT molecular complexity index is 958. The molecule has 1 aliphatic carbocycles. The van der Waals surface area contributed by atoms with Crippen LogP contribution in [0.5, 0.6) is 11.5 Å². The molecule has 2 aromatic rings. The third-order valence-corrected chi connectivity index (χ3v) is 5.80. The minimum atomic E-state index is -4.48. The molecule has 8 heteroatoms. The van der Waals surface area contributed by atoms with Crippen LogP contribution in [0.2, 0.25) is 5.02 Å². The molecule has 2 aromatic carbocycles. The Morgan fingerprint density at radius 1 is 1.24 bits per heavy atom. The molecule has 2 atom stereocenters. The molecule has 2 aliphatic rings. The molecule has 4 nitrogen and oxygen atoms in total. The number of rotatable bonds is 4. The molecule has 4 rings (SSSR count). The predicted octanol–water partition coefficient (Wildman–Crippen LogP) is 5.46. The van der Waals surface area contributed by atoms with Gasteiger partial charge in [-0.15, -0.1) is 0 Å². The summed E-state index contributed by atoms with van der Waals surface area (Å²) in [5.74, 6) is 0.819. The first-order valence-electron chi connectivity index (χ1n) is 9.16. The monoisotopic (exact) mass is 426 g/mol. The minimum Gasteiger partial charge on any atom is -0.492 e. The fourth-order valence-electron chi connectivity index (χ4n) is 3.91. The maximum atomic E-state index is 13.1. The quantitative estimate of drug-likeness (QED) is 0.609. The maximum Gasteiger partial charge on any atom is 0.417 e. The molecule has 29 heavy (non-hydrogen) atoms. The number of hydrogen-bond donors (Lipinski definition) is 0. The molecule has 1 aliphatic heterocycles. The van der Waals surface area contributed by atoms with Crippen LogP contribution in [-0.2, 0) is 22.1 Å². The van der Waals surface area contributed by atoms with Crippen molar-refractivity contribution in [2.45, 2.75) is 37.5 Å². The van der Waals surface area contributed by atoms with Crippen molar-refractivity contribution in [1.82, 2.24) is 0 Å². The van der Waals surface area contributed by atoms with Crippen molar-refractivity contribution in [3.8, 4) is 11.5 Å². The topological polar surface area (TPSA) is 44.8 Å². The van der Waals surface area contributed by atoms with Crippen molar-refractivity contribution in [3.63, 3.8) is 0 Å². The molecule has 0 spiro atoms. The SMILES string of the molecule is COC(=O)CC1COc2cc(O[C@@H]3CCc4c3ccc(C(F)(F)F)c4Cl)ccc21. The second-order valence-corrected chi connectivity index (χ2v) is 7.50. The molecule has 0 amide bonds. The second-order valence-electron chi connectivity index (χ2n) is 7.13. The molecule has 0 bridgehead atoms. The number of methoxy groups -OCH3 is 1. The second kappa shape index (κ2) is 7.44. The zero-order valence-corrected chi connectivity index (χ0v) is 16.3. The molecule has 0 N–H and O–H groups in total. The Morgan fingerprint density at radius 3 is 2.72 bits per heavy atom. The Morgan fingerprint density at radius 2 is 2.00 bits per heavy atom. The van der Waals surface area contributed by atoms with Crippen molar-refractivity contribution in [1.29, 1.82) is 0 Å². The molecule has 0 aromatic heterocycles. The van der Waals surface area contributed by atoms with Gasteiger partial charge in [0.2, 0.25) is 0 Å². The summed E-state index contributed by atoms with van der Waals surface area (Å²) < 4.78 is 55.6. The third kappa shape index (κ3) is 3.75. The number of hydrogen-bond acceptors (Lipinski definition) is 4. The average molecular weight is 427 g/mol. The first-order valence-corrected chi connectivity index (χ1v) is 9.54. The highest BCUT2D eigenvalue weighted by Gasteiger charge is 2.37. The lowest BCUT2D eigenvalue weighted by molar-refractivity contribution is -0.141. The number of carbonyl (C=O) groups is 1. The van der Waals surface area contributed by atoms with Crippen LogP contribution < -0.4 is 9.47 Å². The average Bonchev–Trinajstić information content (AvgIpc) is 3.26. The van der Waals surface area contributed by atoms with Gasteiger partial charge in [0.05, 0.1) is 30.7 Å². The maximum absolute atomic E-state index is 13.1. The van der Waals surface area contributed by atoms with Gasteiger partial charge in [-0.05, 0) is 36.1 Å². The Kier molecular flexibility index (Phi) is 5.11. The van der Waals surface area contributed by atoms with Crippen LogP contribution in [0.25, 0.3) is 0 Å². The van der Waals surface area contributed by atoms with Crippen molar-refractivity contribution in [2.24, 2.45) is 0 Å². The van der Waals surface area contributed by atoms with Gasteiger partial charge in [0.15, 0.2) is 0 Å². The summed E-state index contributed by atoms with van der Waals surface area (Å²) in [6.07, 6.45) is -3.66. The fraction of sp³-hybridized carbons (Fsp3) is 0.381. The van der Waals surface area contributed by atoms with Gasteiger partial charge in [-0.1, -0.05) is 23.7 Å². The Labute approximate surface area is 170 Å².